The summed E-state index contributed by atoms with van der Waals surface area (Å²) in [5.74, 6) is 1.15. The molecule has 0 bridgehead atoms. The van der Waals surface area contributed by atoms with Gasteiger partial charge in [0.1, 0.15) is 0 Å². The van der Waals surface area contributed by atoms with Gasteiger partial charge in [-0.25, -0.2) is 0 Å². The van der Waals surface area contributed by atoms with E-state index in [-0.39, 0.29) is 12.4 Å². The third-order valence-electron chi connectivity index (χ3n) is 3.05. The maximum absolute atomic E-state index is 5.89. The van der Waals surface area contributed by atoms with Crippen molar-refractivity contribution in [3.05, 3.63) is 35.9 Å². The van der Waals surface area contributed by atoms with E-state index in [1.807, 2.05) is 0 Å². The highest BCUT2D eigenvalue weighted by molar-refractivity contribution is 7.99. The Morgan fingerprint density at radius 2 is 1.69 bits per heavy atom. The highest BCUT2D eigenvalue weighted by atomic mass is 35.5. The van der Waals surface area contributed by atoms with Crippen LogP contribution < -0.4 is 5.73 Å². The maximum atomic E-state index is 5.89. The Morgan fingerprint density at radius 3 is 2.31 bits per heavy atom. The van der Waals surface area contributed by atoms with Crippen molar-refractivity contribution in [3.63, 3.8) is 0 Å². The molecule has 0 radical (unpaired) electrons. The van der Waals surface area contributed by atoms with E-state index in [0.29, 0.717) is 6.04 Å². The average molecular weight is 258 g/mol. The predicted octanol–water partition coefficient (Wildman–Crippen LogP) is 3.61. The number of hydrogen-bond acceptors (Lipinski definition) is 2. The lowest BCUT2D eigenvalue weighted by molar-refractivity contribution is 0.450. The average Bonchev–Trinajstić information content (AvgIpc) is 2.30. The van der Waals surface area contributed by atoms with Gasteiger partial charge in [0.05, 0.1) is 0 Å². The van der Waals surface area contributed by atoms with Crippen molar-refractivity contribution in [3.8, 4) is 0 Å². The fourth-order valence-corrected chi connectivity index (χ4v) is 3.27. The molecule has 0 aliphatic heterocycles. The first-order valence-electron chi connectivity index (χ1n) is 5.75. The summed E-state index contributed by atoms with van der Waals surface area (Å²) in [4.78, 5) is 0. The van der Waals surface area contributed by atoms with Crippen LogP contribution in [0, 0.1) is 0 Å². The normalized spacial score (nSPS) is 24.8. The van der Waals surface area contributed by atoms with Crippen LogP contribution in [0.5, 0.6) is 0 Å². The number of halogens is 1. The van der Waals surface area contributed by atoms with Crippen molar-refractivity contribution < 1.29 is 0 Å². The van der Waals surface area contributed by atoms with Gasteiger partial charge in [-0.05, 0) is 31.2 Å². The fraction of sp³-hybridized carbons (Fsp3) is 0.538. The first-order chi connectivity index (χ1) is 7.34. The maximum Gasteiger partial charge on any atom is 0.0187 e. The monoisotopic (exact) mass is 257 g/mol. The van der Waals surface area contributed by atoms with E-state index >= 15 is 0 Å². The summed E-state index contributed by atoms with van der Waals surface area (Å²) in [6.07, 6.45) is 5.04. The van der Waals surface area contributed by atoms with Gasteiger partial charge in [0, 0.05) is 17.0 Å². The third-order valence-corrected chi connectivity index (χ3v) is 4.49. The van der Waals surface area contributed by atoms with E-state index in [4.69, 9.17) is 5.73 Å². The molecule has 1 aliphatic carbocycles. The van der Waals surface area contributed by atoms with Crippen molar-refractivity contribution >= 4 is 24.2 Å². The lowest BCUT2D eigenvalue weighted by Crippen LogP contribution is -2.27. The molecule has 1 saturated carbocycles. The molecular weight excluding hydrogens is 238 g/mol. The zero-order valence-corrected chi connectivity index (χ0v) is 11.1. The van der Waals surface area contributed by atoms with Crippen molar-refractivity contribution in [1.29, 1.82) is 0 Å². The van der Waals surface area contributed by atoms with E-state index in [0.717, 1.165) is 11.0 Å². The zero-order valence-electron chi connectivity index (χ0n) is 9.47. The van der Waals surface area contributed by atoms with Crippen molar-refractivity contribution in [2.24, 2.45) is 5.73 Å². The minimum Gasteiger partial charge on any atom is -0.328 e. The Labute approximate surface area is 109 Å². The molecule has 0 atom stereocenters. The predicted molar refractivity (Wildman–Crippen MR) is 75.2 cm³/mol. The molecule has 1 aromatic carbocycles. The van der Waals surface area contributed by atoms with E-state index in [2.05, 4.69) is 42.1 Å². The van der Waals surface area contributed by atoms with Gasteiger partial charge in [-0.3, -0.25) is 0 Å². The third kappa shape index (κ3) is 4.36. The molecule has 0 spiro atoms. The van der Waals surface area contributed by atoms with Gasteiger partial charge >= 0.3 is 0 Å². The van der Waals surface area contributed by atoms with Gasteiger partial charge in [-0.1, -0.05) is 30.3 Å². The summed E-state index contributed by atoms with van der Waals surface area (Å²) in [7, 11) is 0. The summed E-state index contributed by atoms with van der Waals surface area (Å²) in [6.45, 7) is 0. The molecule has 0 unspecified atom stereocenters. The van der Waals surface area contributed by atoms with Crippen molar-refractivity contribution in [2.75, 3.05) is 0 Å². The van der Waals surface area contributed by atoms with Crippen LogP contribution in [0.4, 0.5) is 0 Å². The molecule has 1 aliphatic rings. The van der Waals surface area contributed by atoms with Crippen molar-refractivity contribution in [1.82, 2.24) is 0 Å². The summed E-state index contributed by atoms with van der Waals surface area (Å²) in [5, 5.41) is 0.838. The Bertz CT molecular complexity index is 283. The summed E-state index contributed by atoms with van der Waals surface area (Å²) in [6, 6.07) is 11.2. The first kappa shape index (κ1) is 13.9. The van der Waals surface area contributed by atoms with Gasteiger partial charge < -0.3 is 5.73 Å². The molecule has 2 rings (SSSR count). The molecule has 3 heteroatoms. The van der Waals surface area contributed by atoms with Crippen LogP contribution in [0.3, 0.4) is 0 Å². The van der Waals surface area contributed by atoms with Crippen molar-refractivity contribution in [2.45, 2.75) is 42.7 Å². The second-order valence-electron chi connectivity index (χ2n) is 4.33. The Hall–Kier alpha value is -0.180. The minimum absolute atomic E-state index is 0. The van der Waals surface area contributed by atoms with Gasteiger partial charge in [0.25, 0.3) is 0 Å². The number of nitrogens with two attached hydrogens (primary N) is 1. The smallest absolute Gasteiger partial charge is 0.0187 e. The number of hydrogen-bond donors (Lipinski definition) is 1. The van der Waals surface area contributed by atoms with E-state index in [1.54, 1.807) is 0 Å². The molecule has 90 valence electrons. The van der Waals surface area contributed by atoms with Gasteiger partial charge in [0.15, 0.2) is 0 Å². The van der Waals surface area contributed by atoms with Gasteiger partial charge in [-0.2, -0.15) is 11.8 Å². The Kier molecular flexibility index (Phi) is 6.25. The second-order valence-corrected chi connectivity index (χ2v) is 5.62. The lowest BCUT2D eigenvalue weighted by atomic mass is 9.96. The summed E-state index contributed by atoms with van der Waals surface area (Å²) in [5.41, 5.74) is 7.34. The molecule has 0 aromatic heterocycles. The fourth-order valence-electron chi connectivity index (χ4n) is 2.04. The highest BCUT2D eigenvalue weighted by Gasteiger charge is 2.18. The van der Waals surface area contributed by atoms with Crippen LogP contribution in [0.2, 0.25) is 0 Å². The molecule has 0 heterocycles. The molecule has 1 nitrogen and oxygen atoms in total. The van der Waals surface area contributed by atoms with E-state index < -0.39 is 0 Å². The van der Waals surface area contributed by atoms with Crippen LogP contribution in [-0.4, -0.2) is 11.3 Å². The molecular formula is C13H20ClNS. The SMILES string of the molecule is Cl.NC1CCC(SCc2ccccc2)CC1. The number of rotatable bonds is 3. The largest absolute Gasteiger partial charge is 0.328 e. The lowest BCUT2D eigenvalue weighted by Gasteiger charge is -2.25. The van der Waals surface area contributed by atoms with E-state index in [9.17, 15) is 0 Å². The number of benzene rings is 1. The molecule has 0 saturated heterocycles. The minimum atomic E-state index is 0. The second kappa shape index (κ2) is 7.21. The van der Waals surface area contributed by atoms with Gasteiger partial charge in [-0.15, -0.1) is 12.4 Å². The molecule has 1 aromatic rings. The topological polar surface area (TPSA) is 26.0 Å². The van der Waals surface area contributed by atoms with E-state index in [1.165, 1.54) is 31.2 Å². The molecule has 2 N–H and O–H groups in total. The standard InChI is InChI=1S/C13H19NS.ClH/c14-12-6-8-13(9-7-12)15-10-11-4-2-1-3-5-11;/h1-5,12-13H,6-10,14H2;1H. The summed E-state index contributed by atoms with van der Waals surface area (Å²) < 4.78 is 0. The van der Waals surface area contributed by atoms with Gasteiger partial charge in [0.2, 0.25) is 0 Å². The van der Waals surface area contributed by atoms with Crippen LogP contribution >= 0.6 is 24.2 Å². The quantitative estimate of drug-likeness (QED) is 0.895. The summed E-state index contributed by atoms with van der Waals surface area (Å²) >= 11 is 2.10. The zero-order chi connectivity index (χ0) is 10.5. The van der Waals surface area contributed by atoms with Crippen LogP contribution in [0.25, 0.3) is 0 Å². The molecule has 1 fully saturated rings. The Balaban J connectivity index is 0.00000128. The molecule has 16 heavy (non-hydrogen) atoms. The van der Waals surface area contributed by atoms with Crippen LogP contribution in [0.1, 0.15) is 31.2 Å². The first-order valence-corrected chi connectivity index (χ1v) is 6.80. The molecule has 0 amide bonds. The highest BCUT2D eigenvalue weighted by Crippen LogP contribution is 2.29. The Morgan fingerprint density at radius 1 is 1.06 bits per heavy atom. The number of thioether (sulfide) groups is 1. The van der Waals surface area contributed by atoms with Crippen LogP contribution in [-0.2, 0) is 5.75 Å². The van der Waals surface area contributed by atoms with Crippen LogP contribution in [0.15, 0.2) is 30.3 Å².